The number of carboxylic acid groups (broad SMARTS) is 1. The number of benzene rings is 2. The van der Waals surface area contributed by atoms with Crippen LogP contribution in [0.5, 0.6) is 5.75 Å². The highest BCUT2D eigenvalue weighted by atomic mass is 35.5. The number of carboxylic acids is 1. The maximum atomic E-state index is 10.9. The number of fused-ring (bicyclic) bond motifs is 1. The van der Waals surface area contributed by atoms with Crippen molar-refractivity contribution in [3.05, 3.63) is 63.1 Å². The predicted molar refractivity (Wildman–Crippen MR) is 93.3 cm³/mol. The Kier molecular flexibility index (Phi) is 4.68. The summed E-state index contributed by atoms with van der Waals surface area (Å²) in [5.41, 5.74) is 0.412. The lowest BCUT2D eigenvalue weighted by atomic mass is 9.76. The van der Waals surface area contributed by atoms with Crippen molar-refractivity contribution in [3.63, 3.8) is 0 Å². The first-order valence-electron chi connectivity index (χ1n) is 7.56. The number of hydrogen-bond acceptors (Lipinski definition) is 4. The Balaban J connectivity index is 2.11. The first kappa shape index (κ1) is 18.0. The molecule has 0 aromatic heterocycles. The molecule has 2 aromatic rings. The molecular weight excluding hydrogens is 367 g/mol. The Morgan fingerprint density at radius 2 is 1.80 bits per heavy atom. The number of aliphatic hydroxyl groups is 2. The zero-order chi connectivity index (χ0) is 18.4. The van der Waals surface area contributed by atoms with E-state index in [0.29, 0.717) is 11.1 Å². The predicted octanol–water partition coefficient (Wildman–Crippen LogP) is 3.50. The number of halogens is 2. The van der Waals surface area contributed by atoms with Crippen molar-refractivity contribution in [2.45, 2.75) is 24.5 Å². The highest BCUT2D eigenvalue weighted by molar-refractivity contribution is 6.43. The second kappa shape index (κ2) is 6.50. The third-order valence-corrected chi connectivity index (χ3v) is 5.56. The van der Waals surface area contributed by atoms with E-state index in [0.717, 1.165) is 5.56 Å². The summed E-state index contributed by atoms with van der Waals surface area (Å²) in [4.78, 5) is 10.7. The van der Waals surface area contributed by atoms with Crippen LogP contribution in [-0.2, 0) is 10.2 Å². The summed E-state index contributed by atoms with van der Waals surface area (Å²) in [7, 11) is 0. The fourth-order valence-electron chi connectivity index (χ4n) is 3.27. The molecule has 0 radical (unpaired) electrons. The molecule has 0 saturated carbocycles. The monoisotopic (exact) mass is 382 g/mol. The van der Waals surface area contributed by atoms with Crippen molar-refractivity contribution in [2.75, 3.05) is 6.61 Å². The van der Waals surface area contributed by atoms with E-state index in [2.05, 4.69) is 0 Å². The van der Waals surface area contributed by atoms with Crippen molar-refractivity contribution in [1.82, 2.24) is 0 Å². The van der Waals surface area contributed by atoms with E-state index in [1.807, 2.05) is 30.3 Å². The van der Waals surface area contributed by atoms with Crippen LogP contribution >= 0.6 is 23.2 Å². The number of aliphatic carboxylic acids is 1. The van der Waals surface area contributed by atoms with Crippen LogP contribution in [-0.4, -0.2) is 27.9 Å². The molecule has 7 heteroatoms. The Morgan fingerprint density at radius 3 is 2.40 bits per heavy atom. The average molecular weight is 383 g/mol. The molecule has 5 nitrogen and oxygen atoms in total. The summed E-state index contributed by atoms with van der Waals surface area (Å²) in [5, 5.41) is 30.6. The molecule has 3 rings (SSSR count). The SMILES string of the molecule is CC1(c2ccccc2)C(O)c2cc(OCC(=O)O)c(Cl)c(Cl)c2C1O. The van der Waals surface area contributed by atoms with Gasteiger partial charge in [-0.25, -0.2) is 4.79 Å². The minimum Gasteiger partial charge on any atom is -0.480 e. The fraction of sp³-hybridized carbons (Fsp3) is 0.278. The van der Waals surface area contributed by atoms with E-state index >= 15 is 0 Å². The molecule has 3 atom stereocenters. The molecule has 0 saturated heterocycles. The Morgan fingerprint density at radius 1 is 1.16 bits per heavy atom. The van der Waals surface area contributed by atoms with Crippen LogP contribution in [0.3, 0.4) is 0 Å². The fourth-order valence-corrected chi connectivity index (χ4v) is 3.79. The average Bonchev–Trinajstić information content (AvgIpc) is 2.79. The lowest BCUT2D eigenvalue weighted by Crippen LogP contribution is -2.31. The maximum absolute atomic E-state index is 10.9. The molecule has 0 bridgehead atoms. The summed E-state index contributed by atoms with van der Waals surface area (Å²) in [6.45, 7) is 1.14. The standard InChI is InChI=1S/C18H16Cl2O5/c1-18(9-5-3-2-4-6-9)16(23)10-7-11(25-8-12(21)22)14(19)15(20)13(10)17(18)24/h2-7,16-17,23-24H,8H2,1H3,(H,21,22). The molecule has 3 N–H and O–H groups in total. The number of carbonyl (C=O) groups is 1. The second-order valence-corrected chi connectivity index (χ2v) is 6.90. The van der Waals surface area contributed by atoms with Gasteiger partial charge in [-0.3, -0.25) is 0 Å². The van der Waals surface area contributed by atoms with Gasteiger partial charge < -0.3 is 20.1 Å². The molecule has 0 amide bonds. The lowest BCUT2D eigenvalue weighted by molar-refractivity contribution is -0.139. The minimum atomic E-state index is -1.16. The van der Waals surface area contributed by atoms with Crippen molar-refractivity contribution >= 4 is 29.2 Å². The molecule has 0 aliphatic heterocycles. The largest absolute Gasteiger partial charge is 0.480 e. The number of hydrogen-bond donors (Lipinski definition) is 3. The second-order valence-electron chi connectivity index (χ2n) is 6.14. The molecule has 132 valence electrons. The quantitative estimate of drug-likeness (QED) is 0.753. The van der Waals surface area contributed by atoms with E-state index in [4.69, 9.17) is 33.0 Å². The van der Waals surface area contributed by atoms with Crippen LogP contribution in [0.1, 0.15) is 35.8 Å². The zero-order valence-corrected chi connectivity index (χ0v) is 14.8. The molecule has 2 aromatic carbocycles. The maximum Gasteiger partial charge on any atom is 0.341 e. The third-order valence-electron chi connectivity index (χ3n) is 4.69. The van der Waals surface area contributed by atoms with E-state index in [-0.39, 0.29) is 15.8 Å². The topological polar surface area (TPSA) is 87.0 Å². The van der Waals surface area contributed by atoms with Gasteiger partial charge >= 0.3 is 5.97 Å². The van der Waals surface area contributed by atoms with Gasteiger partial charge in [0.25, 0.3) is 0 Å². The number of rotatable bonds is 4. The molecule has 1 aliphatic carbocycles. The summed E-state index contributed by atoms with van der Waals surface area (Å²) < 4.78 is 5.15. The Hall–Kier alpha value is -1.79. The molecule has 0 heterocycles. The summed E-state index contributed by atoms with van der Waals surface area (Å²) >= 11 is 12.5. The van der Waals surface area contributed by atoms with Crippen LogP contribution in [0.2, 0.25) is 10.0 Å². The first-order chi connectivity index (χ1) is 11.8. The van der Waals surface area contributed by atoms with Crippen LogP contribution in [0.25, 0.3) is 0 Å². The highest BCUT2D eigenvalue weighted by Gasteiger charge is 2.51. The zero-order valence-electron chi connectivity index (χ0n) is 13.2. The van der Waals surface area contributed by atoms with Crippen molar-refractivity contribution in [2.24, 2.45) is 0 Å². The minimum absolute atomic E-state index is 0.00484. The highest BCUT2D eigenvalue weighted by Crippen LogP contribution is 2.58. The van der Waals surface area contributed by atoms with Gasteiger partial charge in [-0.05, 0) is 24.1 Å². The van der Waals surface area contributed by atoms with Gasteiger partial charge in [0.15, 0.2) is 6.61 Å². The van der Waals surface area contributed by atoms with E-state index in [1.165, 1.54) is 6.07 Å². The molecule has 25 heavy (non-hydrogen) atoms. The van der Waals surface area contributed by atoms with Gasteiger partial charge in [0, 0.05) is 5.56 Å². The summed E-state index contributed by atoms with van der Waals surface area (Å²) in [5.74, 6) is -1.11. The molecular formula is C18H16Cl2O5. The van der Waals surface area contributed by atoms with Crippen LogP contribution in [0.4, 0.5) is 0 Å². The molecule has 1 aliphatic rings. The summed E-state index contributed by atoms with van der Waals surface area (Å²) in [6.07, 6.45) is -2.15. The van der Waals surface area contributed by atoms with E-state index in [1.54, 1.807) is 6.92 Å². The third kappa shape index (κ3) is 2.77. The number of aliphatic hydroxyl groups excluding tert-OH is 2. The van der Waals surface area contributed by atoms with Crippen molar-refractivity contribution in [3.8, 4) is 5.75 Å². The Labute approximate surface area is 154 Å². The molecule has 0 fully saturated rings. The lowest BCUT2D eigenvalue weighted by Gasteiger charge is -2.32. The van der Waals surface area contributed by atoms with Gasteiger partial charge in [-0.1, -0.05) is 53.5 Å². The van der Waals surface area contributed by atoms with Gasteiger partial charge in [0.05, 0.1) is 22.6 Å². The van der Waals surface area contributed by atoms with Crippen molar-refractivity contribution < 1.29 is 24.9 Å². The van der Waals surface area contributed by atoms with Gasteiger partial charge in [-0.15, -0.1) is 0 Å². The van der Waals surface area contributed by atoms with Crippen LogP contribution in [0, 0.1) is 0 Å². The van der Waals surface area contributed by atoms with Crippen LogP contribution in [0.15, 0.2) is 36.4 Å². The normalized spacial score (nSPS) is 24.8. The van der Waals surface area contributed by atoms with Gasteiger partial charge in [0.1, 0.15) is 10.8 Å². The number of ether oxygens (including phenoxy) is 1. The van der Waals surface area contributed by atoms with E-state index < -0.39 is 30.2 Å². The van der Waals surface area contributed by atoms with Crippen LogP contribution < -0.4 is 4.74 Å². The Bertz CT molecular complexity index is 824. The smallest absolute Gasteiger partial charge is 0.341 e. The molecule has 0 spiro atoms. The summed E-state index contributed by atoms with van der Waals surface area (Å²) in [6, 6.07) is 10.5. The first-order valence-corrected chi connectivity index (χ1v) is 8.32. The van der Waals surface area contributed by atoms with Gasteiger partial charge in [0.2, 0.25) is 0 Å². The molecule has 3 unspecified atom stereocenters. The van der Waals surface area contributed by atoms with Gasteiger partial charge in [-0.2, -0.15) is 0 Å². The van der Waals surface area contributed by atoms with Crippen molar-refractivity contribution in [1.29, 1.82) is 0 Å². The van der Waals surface area contributed by atoms with E-state index in [9.17, 15) is 15.0 Å².